The van der Waals surface area contributed by atoms with Gasteiger partial charge in [-0.15, -0.1) is 0 Å². The van der Waals surface area contributed by atoms with Gasteiger partial charge in [-0.05, 0) is 0 Å². The largest absolute Gasteiger partial charge is 0.486 e. The molecule has 0 aliphatic carbocycles. The van der Waals surface area contributed by atoms with Crippen molar-refractivity contribution < 1.29 is 23.3 Å². The summed E-state index contributed by atoms with van der Waals surface area (Å²) in [5.74, 6) is 0.509. The van der Waals surface area contributed by atoms with Gasteiger partial charge in [0.1, 0.15) is 13.2 Å². The van der Waals surface area contributed by atoms with Crippen LogP contribution >= 0.6 is 0 Å². The predicted octanol–water partition coefficient (Wildman–Crippen LogP) is 1.58. The van der Waals surface area contributed by atoms with Gasteiger partial charge in [0.05, 0.1) is 0 Å². The maximum absolute atomic E-state index is 13.4. The lowest BCUT2D eigenvalue weighted by atomic mass is 10.2. The Kier molecular flexibility index (Phi) is 2.91. The van der Waals surface area contributed by atoms with Crippen molar-refractivity contribution in [3.05, 3.63) is 17.9 Å². The van der Waals surface area contributed by atoms with Crippen molar-refractivity contribution in [1.82, 2.24) is 0 Å². The molecule has 0 unspecified atom stereocenters. The molecule has 4 nitrogen and oxygen atoms in total. The first-order valence-corrected chi connectivity index (χ1v) is 4.52. The molecule has 0 spiro atoms. The maximum Gasteiger partial charge on any atom is 0.188 e. The summed E-state index contributed by atoms with van der Waals surface area (Å²) in [6.45, 7) is 0.892. The Balaban J connectivity index is 2.24. The number of ether oxygens (including phenoxy) is 4. The number of hydrogen-bond donors (Lipinski definition) is 0. The first kappa shape index (κ1) is 10.0. The minimum atomic E-state index is -0.490. The van der Waals surface area contributed by atoms with Crippen molar-refractivity contribution in [3.8, 4) is 17.2 Å². The molecule has 0 bridgehead atoms. The van der Waals surface area contributed by atoms with Gasteiger partial charge in [0.15, 0.2) is 29.9 Å². The summed E-state index contributed by atoms with van der Waals surface area (Å²) in [4.78, 5) is 0. The lowest BCUT2D eigenvalue weighted by Crippen LogP contribution is -2.15. The van der Waals surface area contributed by atoms with Crippen LogP contribution in [0.5, 0.6) is 17.2 Å². The normalized spacial score (nSPS) is 13.7. The van der Waals surface area contributed by atoms with Crippen LogP contribution in [-0.2, 0) is 4.74 Å². The van der Waals surface area contributed by atoms with E-state index in [9.17, 15) is 4.39 Å². The van der Waals surface area contributed by atoms with Gasteiger partial charge in [0.25, 0.3) is 0 Å². The Labute approximate surface area is 86.5 Å². The van der Waals surface area contributed by atoms with E-state index in [4.69, 9.17) is 14.2 Å². The zero-order valence-electron chi connectivity index (χ0n) is 8.29. The predicted molar refractivity (Wildman–Crippen MR) is 49.9 cm³/mol. The highest BCUT2D eigenvalue weighted by molar-refractivity contribution is 5.47. The van der Waals surface area contributed by atoms with Gasteiger partial charge in [0.2, 0.25) is 0 Å². The van der Waals surface area contributed by atoms with E-state index in [1.54, 1.807) is 0 Å². The zero-order chi connectivity index (χ0) is 10.7. The van der Waals surface area contributed by atoms with Crippen LogP contribution in [0.2, 0.25) is 0 Å². The van der Waals surface area contributed by atoms with Gasteiger partial charge in [0, 0.05) is 19.2 Å². The monoisotopic (exact) mass is 214 g/mol. The molecule has 5 heteroatoms. The summed E-state index contributed by atoms with van der Waals surface area (Å²) in [7, 11) is 1.47. The fourth-order valence-electron chi connectivity index (χ4n) is 1.28. The average molecular weight is 214 g/mol. The molecule has 1 aliphatic rings. The number of methoxy groups -OCH3 is 1. The van der Waals surface area contributed by atoms with E-state index in [0.29, 0.717) is 24.7 Å². The van der Waals surface area contributed by atoms with E-state index in [1.807, 2.05) is 0 Å². The van der Waals surface area contributed by atoms with Crippen molar-refractivity contribution in [1.29, 1.82) is 0 Å². The molecular weight excluding hydrogens is 203 g/mol. The van der Waals surface area contributed by atoms with Gasteiger partial charge in [-0.1, -0.05) is 0 Å². The molecule has 0 saturated carbocycles. The molecule has 0 radical (unpaired) electrons. The number of benzene rings is 1. The molecule has 1 aromatic carbocycles. The summed E-state index contributed by atoms with van der Waals surface area (Å²) in [5.41, 5.74) is 0. The molecule has 0 fully saturated rings. The SMILES string of the molecule is COCOc1cc2c(cc1F)OCCO2. The van der Waals surface area contributed by atoms with Crippen LogP contribution in [0.15, 0.2) is 12.1 Å². The van der Waals surface area contributed by atoms with Crippen LogP contribution in [0.1, 0.15) is 0 Å². The highest BCUT2D eigenvalue weighted by atomic mass is 19.1. The highest BCUT2D eigenvalue weighted by Crippen LogP contribution is 2.35. The van der Waals surface area contributed by atoms with Crippen molar-refractivity contribution in [2.24, 2.45) is 0 Å². The summed E-state index contributed by atoms with van der Waals surface area (Å²) in [6.07, 6.45) is 0. The number of fused-ring (bicyclic) bond motifs is 1. The molecule has 0 saturated heterocycles. The van der Waals surface area contributed by atoms with Crippen LogP contribution in [0.4, 0.5) is 4.39 Å². The Bertz CT molecular complexity index is 354. The third-order valence-corrected chi connectivity index (χ3v) is 1.93. The molecule has 82 valence electrons. The Morgan fingerprint density at radius 2 is 1.93 bits per heavy atom. The van der Waals surface area contributed by atoms with Crippen LogP contribution in [0.25, 0.3) is 0 Å². The smallest absolute Gasteiger partial charge is 0.188 e. The van der Waals surface area contributed by atoms with Gasteiger partial charge in [-0.3, -0.25) is 0 Å². The zero-order valence-corrected chi connectivity index (χ0v) is 8.29. The second-order valence-corrected chi connectivity index (χ2v) is 2.98. The van der Waals surface area contributed by atoms with E-state index in [-0.39, 0.29) is 12.5 Å². The first-order chi connectivity index (χ1) is 7.31. The molecule has 2 rings (SSSR count). The average Bonchev–Trinajstić information content (AvgIpc) is 2.26. The van der Waals surface area contributed by atoms with Crippen molar-refractivity contribution in [3.63, 3.8) is 0 Å². The van der Waals surface area contributed by atoms with Crippen molar-refractivity contribution >= 4 is 0 Å². The van der Waals surface area contributed by atoms with Gasteiger partial charge >= 0.3 is 0 Å². The standard InChI is InChI=1S/C10H11FO4/c1-12-6-15-8-5-10-9(4-7(8)11)13-2-3-14-10/h4-5H,2-3,6H2,1H3. The molecule has 1 heterocycles. The van der Waals surface area contributed by atoms with Gasteiger partial charge < -0.3 is 18.9 Å². The lowest BCUT2D eigenvalue weighted by molar-refractivity contribution is 0.0476. The van der Waals surface area contributed by atoms with E-state index >= 15 is 0 Å². The fraction of sp³-hybridized carbons (Fsp3) is 0.400. The summed E-state index contributed by atoms with van der Waals surface area (Å²) < 4.78 is 33.6. The highest BCUT2D eigenvalue weighted by Gasteiger charge is 2.16. The molecule has 0 amide bonds. The molecule has 0 aromatic heterocycles. The van der Waals surface area contributed by atoms with Crippen LogP contribution in [-0.4, -0.2) is 27.1 Å². The third-order valence-electron chi connectivity index (χ3n) is 1.93. The minimum Gasteiger partial charge on any atom is -0.486 e. The first-order valence-electron chi connectivity index (χ1n) is 4.52. The Hall–Kier alpha value is -1.49. The Morgan fingerprint density at radius 3 is 2.60 bits per heavy atom. The molecular formula is C10H11FO4. The summed E-state index contributed by atoms with van der Waals surface area (Å²) in [6, 6.07) is 2.71. The molecule has 0 atom stereocenters. The summed E-state index contributed by atoms with van der Waals surface area (Å²) in [5, 5.41) is 0. The molecule has 1 aliphatic heterocycles. The van der Waals surface area contributed by atoms with Crippen LogP contribution in [0.3, 0.4) is 0 Å². The van der Waals surface area contributed by atoms with Crippen molar-refractivity contribution in [2.45, 2.75) is 0 Å². The maximum atomic E-state index is 13.4. The Morgan fingerprint density at radius 1 is 1.27 bits per heavy atom. The molecule has 1 aromatic rings. The van der Waals surface area contributed by atoms with Crippen LogP contribution in [0, 0.1) is 5.82 Å². The van der Waals surface area contributed by atoms with Gasteiger partial charge in [-0.2, -0.15) is 0 Å². The number of rotatable bonds is 3. The fourth-order valence-corrected chi connectivity index (χ4v) is 1.28. The number of halogens is 1. The van der Waals surface area contributed by atoms with E-state index < -0.39 is 5.82 Å². The minimum absolute atomic E-state index is 0.00341. The van der Waals surface area contributed by atoms with Crippen molar-refractivity contribution in [2.75, 3.05) is 27.1 Å². The van der Waals surface area contributed by atoms with Crippen LogP contribution < -0.4 is 14.2 Å². The van der Waals surface area contributed by atoms with E-state index in [0.717, 1.165) is 0 Å². The second kappa shape index (κ2) is 4.35. The second-order valence-electron chi connectivity index (χ2n) is 2.98. The molecule has 0 N–H and O–H groups in total. The topological polar surface area (TPSA) is 36.9 Å². The summed E-state index contributed by atoms with van der Waals surface area (Å²) >= 11 is 0. The van der Waals surface area contributed by atoms with E-state index in [2.05, 4.69) is 4.74 Å². The lowest BCUT2D eigenvalue weighted by Gasteiger charge is -2.19. The number of hydrogen-bond acceptors (Lipinski definition) is 4. The quantitative estimate of drug-likeness (QED) is 0.716. The third kappa shape index (κ3) is 2.12. The molecule has 15 heavy (non-hydrogen) atoms. The van der Waals surface area contributed by atoms with Gasteiger partial charge in [-0.25, -0.2) is 4.39 Å². The van der Waals surface area contributed by atoms with E-state index in [1.165, 1.54) is 19.2 Å².